The maximum atomic E-state index is 12.0. The summed E-state index contributed by atoms with van der Waals surface area (Å²) in [6.07, 6.45) is 1.48. The van der Waals surface area contributed by atoms with Crippen molar-refractivity contribution < 1.29 is 4.79 Å². The SMILES string of the molecule is Cc1ccc(-c2ncc(C(=O)NCC(C)C)c(N)n2)cc1. The molecule has 0 atom stereocenters. The average Bonchev–Trinajstić information content (AvgIpc) is 2.45. The first-order chi connectivity index (χ1) is 9.97. The summed E-state index contributed by atoms with van der Waals surface area (Å²) in [6, 6.07) is 7.83. The van der Waals surface area contributed by atoms with Crippen LogP contribution in [0.4, 0.5) is 5.82 Å². The van der Waals surface area contributed by atoms with Crippen molar-refractivity contribution >= 4 is 11.7 Å². The van der Waals surface area contributed by atoms with Gasteiger partial charge in [0.25, 0.3) is 5.91 Å². The Labute approximate surface area is 124 Å². The zero-order valence-corrected chi connectivity index (χ0v) is 12.6. The minimum absolute atomic E-state index is 0.196. The first-order valence-corrected chi connectivity index (χ1v) is 6.95. The van der Waals surface area contributed by atoms with E-state index in [4.69, 9.17) is 5.73 Å². The summed E-state index contributed by atoms with van der Waals surface area (Å²) < 4.78 is 0. The van der Waals surface area contributed by atoms with E-state index in [1.54, 1.807) is 0 Å². The molecule has 0 aliphatic rings. The topological polar surface area (TPSA) is 80.9 Å². The highest BCUT2D eigenvalue weighted by atomic mass is 16.1. The number of nitrogens with one attached hydrogen (secondary N) is 1. The molecule has 2 aromatic rings. The zero-order valence-electron chi connectivity index (χ0n) is 12.6. The van der Waals surface area contributed by atoms with Gasteiger partial charge in [0.05, 0.1) is 5.56 Å². The second-order valence-electron chi connectivity index (χ2n) is 5.46. The summed E-state index contributed by atoms with van der Waals surface area (Å²) >= 11 is 0. The first-order valence-electron chi connectivity index (χ1n) is 6.95. The number of carbonyl (C=O) groups excluding carboxylic acids is 1. The van der Waals surface area contributed by atoms with Gasteiger partial charge in [0.1, 0.15) is 5.82 Å². The van der Waals surface area contributed by atoms with Crippen LogP contribution in [0.5, 0.6) is 0 Å². The fraction of sp³-hybridized carbons (Fsp3) is 0.312. The van der Waals surface area contributed by atoms with Crippen LogP contribution in [0.25, 0.3) is 11.4 Å². The van der Waals surface area contributed by atoms with Crippen LogP contribution in [0, 0.1) is 12.8 Å². The second kappa shape index (κ2) is 6.35. The van der Waals surface area contributed by atoms with Crippen molar-refractivity contribution in [3.63, 3.8) is 0 Å². The minimum Gasteiger partial charge on any atom is -0.383 e. The van der Waals surface area contributed by atoms with E-state index in [2.05, 4.69) is 15.3 Å². The predicted octanol–water partition coefficient (Wildman–Crippen LogP) is 2.42. The van der Waals surface area contributed by atoms with E-state index in [0.717, 1.165) is 11.1 Å². The molecule has 1 aromatic carbocycles. The van der Waals surface area contributed by atoms with E-state index in [1.165, 1.54) is 6.20 Å². The largest absolute Gasteiger partial charge is 0.383 e. The monoisotopic (exact) mass is 284 g/mol. The number of nitrogens with two attached hydrogens (primary N) is 1. The normalized spacial score (nSPS) is 10.7. The van der Waals surface area contributed by atoms with Crippen LogP contribution in [0.3, 0.4) is 0 Å². The third kappa shape index (κ3) is 3.78. The van der Waals surface area contributed by atoms with Gasteiger partial charge in [-0.2, -0.15) is 0 Å². The highest BCUT2D eigenvalue weighted by molar-refractivity contribution is 5.98. The van der Waals surface area contributed by atoms with E-state index in [1.807, 2.05) is 45.0 Å². The Bertz CT molecular complexity index is 635. The van der Waals surface area contributed by atoms with Gasteiger partial charge < -0.3 is 11.1 Å². The molecule has 0 bridgehead atoms. The fourth-order valence-corrected chi connectivity index (χ4v) is 1.80. The lowest BCUT2D eigenvalue weighted by molar-refractivity contribution is 0.0949. The Morgan fingerprint density at radius 2 is 1.95 bits per heavy atom. The van der Waals surface area contributed by atoms with Crippen LogP contribution >= 0.6 is 0 Å². The molecule has 1 aromatic heterocycles. The summed E-state index contributed by atoms with van der Waals surface area (Å²) in [5.74, 6) is 0.856. The Hall–Kier alpha value is -2.43. The Morgan fingerprint density at radius 3 is 2.52 bits per heavy atom. The quantitative estimate of drug-likeness (QED) is 0.903. The van der Waals surface area contributed by atoms with Crippen LogP contribution in [0.1, 0.15) is 29.8 Å². The molecule has 21 heavy (non-hydrogen) atoms. The highest BCUT2D eigenvalue weighted by Gasteiger charge is 2.13. The van der Waals surface area contributed by atoms with E-state index < -0.39 is 0 Å². The molecule has 0 saturated heterocycles. The number of hydrogen-bond donors (Lipinski definition) is 2. The highest BCUT2D eigenvalue weighted by Crippen LogP contribution is 2.18. The average molecular weight is 284 g/mol. The molecule has 0 aliphatic carbocycles. The van der Waals surface area contributed by atoms with Gasteiger partial charge >= 0.3 is 0 Å². The van der Waals surface area contributed by atoms with Crippen molar-refractivity contribution in [2.24, 2.45) is 5.92 Å². The summed E-state index contributed by atoms with van der Waals surface area (Å²) in [7, 11) is 0. The number of amides is 1. The van der Waals surface area contributed by atoms with Crippen LogP contribution in [0.15, 0.2) is 30.5 Å². The van der Waals surface area contributed by atoms with Crippen LogP contribution in [-0.2, 0) is 0 Å². The number of anilines is 1. The van der Waals surface area contributed by atoms with Gasteiger partial charge in [-0.15, -0.1) is 0 Å². The zero-order chi connectivity index (χ0) is 15.4. The van der Waals surface area contributed by atoms with Crippen molar-refractivity contribution in [1.29, 1.82) is 0 Å². The molecule has 0 spiro atoms. The van der Waals surface area contributed by atoms with Crippen molar-refractivity contribution in [1.82, 2.24) is 15.3 Å². The van der Waals surface area contributed by atoms with Gasteiger partial charge in [0.15, 0.2) is 5.82 Å². The fourth-order valence-electron chi connectivity index (χ4n) is 1.80. The third-order valence-corrected chi connectivity index (χ3v) is 3.04. The molecule has 0 saturated carbocycles. The molecule has 3 N–H and O–H groups in total. The Morgan fingerprint density at radius 1 is 1.29 bits per heavy atom. The number of hydrogen-bond acceptors (Lipinski definition) is 4. The van der Waals surface area contributed by atoms with Crippen LogP contribution in [-0.4, -0.2) is 22.4 Å². The molecule has 0 radical (unpaired) electrons. The predicted molar refractivity (Wildman–Crippen MR) is 83.8 cm³/mol. The van der Waals surface area contributed by atoms with Gasteiger partial charge in [0.2, 0.25) is 0 Å². The molecule has 5 nitrogen and oxygen atoms in total. The number of benzene rings is 1. The summed E-state index contributed by atoms with van der Waals surface area (Å²) in [5, 5.41) is 2.81. The lowest BCUT2D eigenvalue weighted by atomic mass is 10.1. The van der Waals surface area contributed by atoms with Crippen molar-refractivity contribution in [2.75, 3.05) is 12.3 Å². The lowest BCUT2D eigenvalue weighted by Gasteiger charge is -2.09. The molecule has 0 aliphatic heterocycles. The van der Waals surface area contributed by atoms with Crippen LogP contribution < -0.4 is 11.1 Å². The van der Waals surface area contributed by atoms with Crippen molar-refractivity contribution in [3.8, 4) is 11.4 Å². The molecular formula is C16H20N4O. The number of carbonyl (C=O) groups is 1. The van der Waals surface area contributed by atoms with Crippen molar-refractivity contribution in [3.05, 3.63) is 41.6 Å². The van der Waals surface area contributed by atoms with Gasteiger partial charge in [-0.25, -0.2) is 9.97 Å². The lowest BCUT2D eigenvalue weighted by Crippen LogP contribution is -2.28. The molecular weight excluding hydrogens is 264 g/mol. The molecule has 110 valence electrons. The van der Waals surface area contributed by atoms with Gasteiger partial charge in [-0.1, -0.05) is 43.7 Å². The molecule has 1 amide bonds. The molecule has 0 fully saturated rings. The summed E-state index contributed by atoms with van der Waals surface area (Å²) in [5.41, 5.74) is 8.24. The number of nitrogens with zero attached hydrogens (tertiary/aromatic N) is 2. The van der Waals surface area contributed by atoms with E-state index in [0.29, 0.717) is 23.9 Å². The van der Waals surface area contributed by atoms with Gasteiger partial charge in [-0.05, 0) is 12.8 Å². The maximum absolute atomic E-state index is 12.0. The Balaban J connectivity index is 2.21. The minimum atomic E-state index is -0.239. The molecule has 5 heteroatoms. The maximum Gasteiger partial charge on any atom is 0.256 e. The second-order valence-corrected chi connectivity index (χ2v) is 5.46. The van der Waals surface area contributed by atoms with E-state index in [9.17, 15) is 4.79 Å². The van der Waals surface area contributed by atoms with Gasteiger partial charge in [-0.3, -0.25) is 4.79 Å². The number of nitrogen functional groups attached to an aromatic ring is 1. The van der Waals surface area contributed by atoms with Gasteiger partial charge in [0, 0.05) is 18.3 Å². The molecule has 1 heterocycles. The molecule has 0 unspecified atom stereocenters. The van der Waals surface area contributed by atoms with Crippen molar-refractivity contribution in [2.45, 2.75) is 20.8 Å². The Kier molecular flexibility index (Phi) is 4.52. The number of aromatic nitrogens is 2. The smallest absolute Gasteiger partial charge is 0.256 e. The van der Waals surface area contributed by atoms with E-state index in [-0.39, 0.29) is 11.7 Å². The van der Waals surface area contributed by atoms with E-state index >= 15 is 0 Å². The third-order valence-electron chi connectivity index (χ3n) is 3.04. The summed E-state index contributed by atoms with van der Waals surface area (Å²) in [4.78, 5) is 20.5. The molecule has 2 rings (SSSR count). The van der Waals surface area contributed by atoms with Crippen LogP contribution in [0.2, 0.25) is 0 Å². The number of aryl methyl sites for hydroxylation is 1. The first kappa shape index (κ1) is 15.0. The number of rotatable bonds is 4. The summed E-state index contributed by atoms with van der Waals surface area (Å²) in [6.45, 7) is 6.67. The standard InChI is InChI=1S/C16H20N4O/c1-10(2)8-19-16(21)13-9-18-15(20-14(13)17)12-6-4-11(3)5-7-12/h4-7,9-10H,8H2,1-3H3,(H,19,21)(H2,17,18,20).